The SMILES string of the molecule is Cc1ccc(-c2cc3c(cc2Sc2nc4c(N)ncnc4n2CCCNC(C)(C)C)OCCO3)o1. The van der Waals surface area contributed by atoms with Crippen LogP contribution in [0.15, 0.2) is 45.1 Å². The van der Waals surface area contributed by atoms with Crippen molar-refractivity contribution in [2.75, 3.05) is 25.5 Å². The Morgan fingerprint density at radius 2 is 1.89 bits per heavy atom. The van der Waals surface area contributed by atoms with Gasteiger partial charge >= 0.3 is 0 Å². The maximum atomic E-state index is 6.16. The fraction of sp³-hybridized carbons (Fsp3) is 0.400. The van der Waals surface area contributed by atoms with E-state index in [1.807, 2.05) is 31.2 Å². The Kier molecular flexibility index (Phi) is 6.33. The van der Waals surface area contributed by atoms with Gasteiger partial charge in [0.1, 0.15) is 31.1 Å². The van der Waals surface area contributed by atoms with Gasteiger partial charge in [-0.3, -0.25) is 0 Å². The van der Waals surface area contributed by atoms with Gasteiger partial charge in [0.05, 0.1) is 0 Å². The van der Waals surface area contributed by atoms with E-state index in [2.05, 4.69) is 40.6 Å². The van der Waals surface area contributed by atoms with Gasteiger partial charge in [0, 0.05) is 22.5 Å². The normalized spacial score (nSPS) is 13.5. The zero-order valence-corrected chi connectivity index (χ0v) is 21.2. The van der Waals surface area contributed by atoms with Crippen LogP contribution in [0.5, 0.6) is 11.5 Å². The quantitative estimate of drug-likeness (QED) is 0.354. The minimum Gasteiger partial charge on any atom is -0.486 e. The molecule has 5 rings (SSSR count). The zero-order valence-electron chi connectivity index (χ0n) is 20.4. The van der Waals surface area contributed by atoms with Crippen molar-refractivity contribution in [1.29, 1.82) is 0 Å². The van der Waals surface area contributed by atoms with Crippen molar-refractivity contribution in [3.8, 4) is 22.8 Å². The Bertz CT molecular complexity index is 1360. The standard InChI is InChI=1S/C25H30N6O3S/c1-15-6-7-17(34-15)16-12-18-19(33-11-10-32-18)13-20(16)35-24-30-21-22(26)27-14-28-23(21)31(24)9-5-8-29-25(2,3)4/h6-7,12-14,29H,5,8-11H2,1-4H3,(H2,26,27,28). The van der Waals surface area contributed by atoms with E-state index in [-0.39, 0.29) is 5.54 Å². The molecular formula is C25H30N6O3S. The van der Waals surface area contributed by atoms with Crippen LogP contribution in [0.25, 0.3) is 22.5 Å². The van der Waals surface area contributed by atoms with Crippen LogP contribution >= 0.6 is 11.8 Å². The van der Waals surface area contributed by atoms with E-state index in [1.165, 1.54) is 18.1 Å². The van der Waals surface area contributed by atoms with Crippen molar-refractivity contribution in [2.24, 2.45) is 0 Å². The van der Waals surface area contributed by atoms with Gasteiger partial charge in [-0.05, 0) is 64.9 Å². The highest BCUT2D eigenvalue weighted by Crippen LogP contribution is 2.44. The van der Waals surface area contributed by atoms with E-state index in [4.69, 9.17) is 24.6 Å². The predicted octanol–water partition coefficient (Wildman–Crippen LogP) is 4.68. The van der Waals surface area contributed by atoms with Crippen molar-refractivity contribution >= 4 is 28.7 Å². The summed E-state index contributed by atoms with van der Waals surface area (Å²) in [7, 11) is 0. The summed E-state index contributed by atoms with van der Waals surface area (Å²) in [4.78, 5) is 14.4. The molecule has 0 saturated heterocycles. The average molecular weight is 495 g/mol. The molecule has 1 aromatic carbocycles. The van der Waals surface area contributed by atoms with Crippen LogP contribution in [0.1, 0.15) is 33.0 Å². The highest BCUT2D eigenvalue weighted by Gasteiger charge is 2.22. The van der Waals surface area contributed by atoms with Crippen LogP contribution in [-0.2, 0) is 6.54 Å². The second kappa shape index (κ2) is 9.43. The summed E-state index contributed by atoms with van der Waals surface area (Å²) < 4.78 is 19.8. The predicted molar refractivity (Wildman–Crippen MR) is 136 cm³/mol. The maximum absolute atomic E-state index is 6.16. The lowest BCUT2D eigenvalue weighted by atomic mass is 10.1. The van der Waals surface area contributed by atoms with E-state index in [9.17, 15) is 0 Å². The lowest BCUT2D eigenvalue weighted by Crippen LogP contribution is -2.36. The summed E-state index contributed by atoms with van der Waals surface area (Å²) in [6, 6.07) is 7.89. The first-order chi connectivity index (χ1) is 16.8. The van der Waals surface area contributed by atoms with Gasteiger partial charge in [0.2, 0.25) is 0 Å². The molecule has 0 spiro atoms. The smallest absolute Gasteiger partial charge is 0.175 e. The third-order valence-corrected chi connectivity index (χ3v) is 6.64. The summed E-state index contributed by atoms with van der Waals surface area (Å²) in [5.74, 6) is 3.39. The zero-order chi connectivity index (χ0) is 24.6. The number of benzene rings is 1. The molecule has 1 aliphatic heterocycles. The third-order valence-electron chi connectivity index (χ3n) is 5.59. The summed E-state index contributed by atoms with van der Waals surface area (Å²) in [5.41, 5.74) is 8.46. The van der Waals surface area contributed by atoms with Crippen molar-refractivity contribution in [3.63, 3.8) is 0 Å². The Morgan fingerprint density at radius 1 is 1.11 bits per heavy atom. The topological polar surface area (TPSA) is 113 Å². The van der Waals surface area contributed by atoms with Crippen LogP contribution in [-0.4, -0.2) is 44.8 Å². The van der Waals surface area contributed by atoms with Crippen LogP contribution in [0.4, 0.5) is 5.82 Å². The molecule has 35 heavy (non-hydrogen) atoms. The number of rotatable bonds is 7. The van der Waals surface area contributed by atoms with Crippen LogP contribution < -0.4 is 20.5 Å². The number of anilines is 1. The minimum atomic E-state index is 0.0580. The average Bonchev–Trinajstić information content (AvgIpc) is 3.40. The molecule has 9 nitrogen and oxygen atoms in total. The molecule has 184 valence electrons. The van der Waals surface area contributed by atoms with E-state index >= 15 is 0 Å². The summed E-state index contributed by atoms with van der Waals surface area (Å²) in [6.45, 7) is 11.1. The molecule has 0 bridgehead atoms. The Balaban J connectivity index is 1.54. The van der Waals surface area contributed by atoms with Crippen molar-refractivity contribution in [3.05, 3.63) is 36.4 Å². The number of fused-ring (bicyclic) bond motifs is 2. The number of hydrogen-bond donors (Lipinski definition) is 2. The number of aryl methyl sites for hydroxylation is 2. The molecule has 1 aliphatic rings. The number of hydrogen-bond acceptors (Lipinski definition) is 9. The molecule has 3 N–H and O–H groups in total. The molecule has 3 aromatic heterocycles. The molecule has 0 radical (unpaired) electrons. The van der Waals surface area contributed by atoms with Gasteiger partial charge in [-0.1, -0.05) is 11.8 Å². The number of imidazole rings is 1. The highest BCUT2D eigenvalue weighted by atomic mass is 32.2. The molecular weight excluding hydrogens is 464 g/mol. The molecule has 4 heterocycles. The van der Waals surface area contributed by atoms with E-state index in [1.54, 1.807) is 0 Å². The van der Waals surface area contributed by atoms with Crippen LogP contribution in [0.2, 0.25) is 0 Å². The number of furan rings is 1. The Labute approximate surface area is 208 Å². The second-order valence-electron chi connectivity index (χ2n) is 9.51. The fourth-order valence-corrected chi connectivity index (χ4v) is 5.00. The second-order valence-corrected chi connectivity index (χ2v) is 10.5. The number of aromatic nitrogens is 4. The number of ether oxygens (including phenoxy) is 2. The highest BCUT2D eigenvalue weighted by molar-refractivity contribution is 7.99. The Morgan fingerprint density at radius 3 is 2.60 bits per heavy atom. The van der Waals surface area contributed by atoms with Gasteiger partial charge < -0.3 is 29.5 Å². The molecule has 0 atom stereocenters. The van der Waals surface area contributed by atoms with Gasteiger partial charge in [0.25, 0.3) is 0 Å². The molecule has 10 heteroatoms. The molecule has 4 aromatic rings. The van der Waals surface area contributed by atoms with Crippen molar-refractivity contribution < 1.29 is 13.9 Å². The van der Waals surface area contributed by atoms with E-state index in [0.29, 0.717) is 36.0 Å². The van der Waals surface area contributed by atoms with Crippen molar-refractivity contribution in [2.45, 2.75) is 56.3 Å². The summed E-state index contributed by atoms with van der Waals surface area (Å²) >= 11 is 1.53. The molecule has 0 fully saturated rings. The first-order valence-corrected chi connectivity index (χ1v) is 12.5. The summed E-state index contributed by atoms with van der Waals surface area (Å²) in [5, 5.41) is 4.32. The fourth-order valence-electron chi connectivity index (χ4n) is 3.94. The first kappa shape index (κ1) is 23.5. The molecule has 0 aliphatic carbocycles. The Hall–Kier alpha value is -3.24. The van der Waals surface area contributed by atoms with E-state index in [0.717, 1.165) is 52.3 Å². The van der Waals surface area contributed by atoms with Gasteiger partial charge in [0.15, 0.2) is 33.6 Å². The van der Waals surface area contributed by atoms with E-state index < -0.39 is 0 Å². The number of nitrogen functional groups attached to an aromatic ring is 1. The number of nitrogens with zero attached hydrogens (tertiary/aromatic N) is 4. The third kappa shape index (κ3) is 5.08. The molecule has 0 amide bonds. The van der Waals surface area contributed by atoms with Gasteiger partial charge in [-0.25, -0.2) is 15.0 Å². The van der Waals surface area contributed by atoms with Gasteiger partial charge in [-0.2, -0.15) is 0 Å². The molecule has 0 saturated carbocycles. The van der Waals surface area contributed by atoms with Crippen molar-refractivity contribution in [1.82, 2.24) is 24.8 Å². The van der Waals surface area contributed by atoms with Gasteiger partial charge in [-0.15, -0.1) is 0 Å². The maximum Gasteiger partial charge on any atom is 0.175 e. The van der Waals surface area contributed by atoms with Crippen LogP contribution in [0, 0.1) is 6.92 Å². The first-order valence-electron chi connectivity index (χ1n) is 11.7. The summed E-state index contributed by atoms with van der Waals surface area (Å²) in [6.07, 6.45) is 2.39. The number of nitrogens with one attached hydrogen (secondary N) is 1. The van der Waals surface area contributed by atoms with Crippen LogP contribution in [0.3, 0.4) is 0 Å². The lowest BCUT2D eigenvalue weighted by Gasteiger charge is -2.21. The largest absolute Gasteiger partial charge is 0.486 e. The minimum absolute atomic E-state index is 0.0580. The lowest BCUT2D eigenvalue weighted by molar-refractivity contribution is 0.171. The monoisotopic (exact) mass is 494 g/mol. The molecule has 0 unspecified atom stereocenters. The number of nitrogens with two attached hydrogens (primary N) is 1.